The zero-order valence-corrected chi connectivity index (χ0v) is 17.4. The first-order valence-corrected chi connectivity index (χ1v) is 10.4. The lowest BCUT2D eigenvalue weighted by molar-refractivity contribution is 0.0773. The summed E-state index contributed by atoms with van der Waals surface area (Å²) in [6.45, 7) is 1.25. The fourth-order valence-electron chi connectivity index (χ4n) is 3.85. The van der Waals surface area contributed by atoms with Crippen LogP contribution in [0, 0.1) is 11.8 Å². The Bertz CT molecular complexity index is 1380. The van der Waals surface area contributed by atoms with Gasteiger partial charge in [-0.25, -0.2) is 9.97 Å². The Kier molecular flexibility index (Phi) is 5.14. The van der Waals surface area contributed by atoms with E-state index < -0.39 is 0 Å². The summed E-state index contributed by atoms with van der Waals surface area (Å²) in [5.74, 6) is 6.63. The number of pyridine rings is 1. The molecule has 1 aliphatic rings. The average Bonchev–Trinajstić information content (AvgIpc) is 3.37. The number of fused-ring (bicyclic) bond motifs is 1. The highest BCUT2D eigenvalue weighted by molar-refractivity contribution is 5.96. The van der Waals surface area contributed by atoms with Crippen LogP contribution in [0.25, 0.3) is 16.3 Å². The maximum atomic E-state index is 12.9. The van der Waals surface area contributed by atoms with Crippen LogP contribution in [0.3, 0.4) is 0 Å². The number of carbonyl (C=O) groups is 1. The largest absolute Gasteiger partial charge is 0.383 e. The van der Waals surface area contributed by atoms with Gasteiger partial charge in [0.1, 0.15) is 11.5 Å². The van der Waals surface area contributed by atoms with Gasteiger partial charge in [-0.1, -0.05) is 24.1 Å². The van der Waals surface area contributed by atoms with Crippen LogP contribution in [-0.4, -0.2) is 38.8 Å². The summed E-state index contributed by atoms with van der Waals surface area (Å²) in [4.78, 5) is 25.9. The van der Waals surface area contributed by atoms with Gasteiger partial charge in [-0.3, -0.25) is 4.79 Å². The van der Waals surface area contributed by atoms with E-state index in [9.17, 15) is 4.79 Å². The number of H-pyrrole nitrogens is 1. The van der Waals surface area contributed by atoms with E-state index in [1.165, 1.54) is 5.57 Å². The minimum Gasteiger partial charge on any atom is -0.383 e. The number of amides is 1. The summed E-state index contributed by atoms with van der Waals surface area (Å²) in [6.07, 6.45) is 7.91. The average molecular weight is 419 g/mol. The molecule has 0 saturated carbocycles. The van der Waals surface area contributed by atoms with Crippen LogP contribution in [0.2, 0.25) is 0 Å². The van der Waals surface area contributed by atoms with E-state index in [0.29, 0.717) is 24.5 Å². The van der Waals surface area contributed by atoms with E-state index in [2.05, 4.69) is 51.1 Å². The predicted molar refractivity (Wildman–Crippen MR) is 126 cm³/mol. The monoisotopic (exact) mass is 419 g/mol. The first kappa shape index (κ1) is 19.6. The number of nitrogens with zero attached hydrogens (tertiary/aromatic N) is 3. The van der Waals surface area contributed by atoms with Gasteiger partial charge >= 0.3 is 0 Å². The molecule has 0 fully saturated rings. The summed E-state index contributed by atoms with van der Waals surface area (Å²) in [7, 11) is 0. The summed E-state index contributed by atoms with van der Waals surface area (Å²) < 4.78 is 0. The molecule has 0 saturated heterocycles. The second-order valence-electron chi connectivity index (χ2n) is 7.66. The van der Waals surface area contributed by atoms with Gasteiger partial charge in [0.25, 0.3) is 5.91 Å². The van der Waals surface area contributed by atoms with Crippen molar-refractivity contribution < 1.29 is 4.79 Å². The standard InChI is InChI=1S/C26H21N5O/c27-25-24-15-22(7-6-20(24)9-12-29-25)19-10-13-31(14-11-19)26(32)21-4-1-18(2-5-21)3-8-23-16-28-17-30-23/h1-2,4-7,9-10,12,15-17H,11,13-14H2,(H2,27,29)(H,28,30). The van der Waals surface area contributed by atoms with E-state index in [4.69, 9.17) is 5.73 Å². The molecule has 3 N–H and O–H groups in total. The van der Waals surface area contributed by atoms with Crippen LogP contribution in [0.15, 0.2) is 73.3 Å². The third-order valence-corrected chi connectivity index (χ3v) is 5.64. The zero-order chi connectivity index (χ0) is 21.9. The third kappa shape index (κ3) is 3.96. The van der Waals surface area contributed by atoms with Crippen LogP contribution >= 0.6 is 0 Å². The first-order valence-electron chi connectivity index (χ1n) is 10.4. The zero-order valence-electron chi connectivity index (χ0n) is 17.4. The quantitative estimate of drug-likeness (QED) is 0.483. The Labute approximate surface area is 185 Å². The normalized spacial score (nSPS) is 13.4. The van der Waals surface area contributed by atoms with Crippen molar-refractivity contribution in [3.63, 3.8) is 0 Å². The number of carbonyl (C=O) groups excluding carboxylic acids is 1. The number of benzene rings is 2. The molecule has 5 rings (SSSR count). The Balaban J connectivity index is 1.28. The lowest BCUT2D eigenvalue weighted by Gasteiger charge is -2.27. The number of hydrogen-bond acceptors (Lipinski definition) is 4. The molecule has 156 valence electrons. The highest BCUT2D eigenvalue weighted by atomic mass is 16.2. The number of aromatic nitrogens is 3. The molecule has 0 aliphatic carbocycles. The molecule has 32 heavy (non-hydrogen) atoms. The lowest BCUT2D eigenvalue weighted by atomic mass is 9.96. The minimum absolute atomic E-state index is 0.0281. The van der Waals surface area contributed by atoms with Crippen LogP contribution in [-0.2, 0) is 0 Å². The van der Waals surface area contributed by atoms with Crippen molar-refractivity contribution in [2.75, 3.05) is 18.8 Å². The van der Waals surface area contributed by atoms with Crippen molar-refractivity contribution in [3.05, 3.63) is 95.7 Å². The van der Waals surface area contributed by atoms with Crippen molar-refractivity contribution in [1.29, 1.82) is 0 Å². The molecule has 0 spiro atoms. The van der Waals surface area contributed by atoms with Crippen molar-refractivity contribution >= 4 is 28.1 Å². The van der Waals surface area contributed by atoms with Crippen LogP contribution in [0.4, 0.5) is 5.82 Å². The van der Waals surface area contributed by atoms with Crippen LogP contribution in [0.1, 0.15) is 33.6 Å². The van der Waals surface area contributed by atoms with Crippen molar-refractivity contribution in [3.8, 4) is 11.8 Å². The Morgan fingerprint density at radius 2 is 1.97 bits per heavy atom. The molecule has 1 amide bonds. The Hall–Kier alpha value is -4.37. The van der Waals surface area contributed by atoms with Gasteiger partial charge in [0.15, 0.2) is 0 Å². The molecular formula is C26H21N5O. The second-order valence-corrected chi connectivity index (χ2v) is 7.66. The number of rotatable bonds is 2. The lowest BCUT2D eigenvalue weighted by Crippen LogP contribution is -2.34. The summed E-state index contributed by atoms with van der Waals surface area (Å²) in [5, 5.41) is 2.03. The van der Waals surface area contributed by atoms with Gasteiger partial charge in [0.2, 0.25) is 0 Å². The van der Waals surface area contributed by atoms with Crippen molar-refractivity contribution in [2.24, 2.45) is 0 Å². The number of hydrogen-bond donors (Lipinski definition) is 2. The molecule has 6 nitrogen and oxygen atoms in total. The van der Waals surface area contributed by atoms with Gasteiger partial charge in [-0.15, -0.1) is 0 Å². The van der Waals surface area contributed by atoms with E-state index >= 15 is 0 Å². The molecular weight excluding hydrogens is 398 g/mol. The summed E-state index contributed by atoms with van der Waals surface area (Å²) >= 11 is 0. The molecule has 2 aromatic carbocycles. The summed E-state index contributed by atoms with van der Waals surface area (Å²) in [6, 6.07) is 15.6. The molecule has 4 aromatic rings. The maximum Gasteiger partial charge on any atom is 0.254 e. The van der Waals surface area contributed by atoms with Crippen molar-refractivity contribution in [1.82, 2.24) is 19.9 Å². The highest BCUT2D eigenvalue weighted by Gasteiger charge is 2.19. The number of nitrogen functional groups attached to an aromatic ring is 1. The van der Waals surface area contributed by atoms with E-state index in [0.717, 1.165) is 34.0 Å². The highest BCUT2D eigenvalue weighted by Crippen LogP contribution is 2.28. The molecule has 6 heteroatoms. The van der Waals surface area contributed by atoms with Crippen LogP contribution in [0.5, 0.6) is 0 Å². The first-order chi connectivity index (χ1) is 15.7. The molecule has 0 unspecified atom stereocenters. The Morgan fingerprint density at radius 3 is 2.72 bits per heavy atom. The fraction of sp³-hybridized carbons (Fsp3) is 0.115. The number of nitrogens with one attached hydrogen (secondary N) is 1. The van der Waals surface area contributed by atoms with Gasteiger partial charge < -0.3 is 15.6 Å². The van der Waals surface area contributed by atoms with Crippen LogP contribution < -0.4 is 5.73 Å². The number of aromatic amines is 1. The van der Waals surface area contributed by atoms with Gasteiger partial charge in [0.05, 0.1) is 12.5 Å². The molecule has 0 atom stereocenters. The van der Waals surface area contributed by atoms with Gasteiger partial charge in [-0.05, 0) is 65.3 Å². The van der Waals surface area contributed by atoms with Gasteiger partial charge in [0, 0.05) is 35.8 Å². The molecule has 1 aliphatic heterocycles. The van der Waals surface area contributed by atoms with E-state index in [1.807, 2.05) is 35.2 Å². The van der Waals surface area contributed by atoms with E-state index in [-0.39, 0.29) is 5.91 Å². The van der Waals surface area contributed by atoms with Gasteiger partial charge in [-0.2, -0.15) is 0 Å². The number of imidazole rings is 1. The Morgan fingerprint density at radius 1 is 1.09 bits per heavy atom. The topological polar surface area (TPSA) is 87.9 Å². The fourth-order valence-corrected chi connectivity index (χ4v) is 3.85. The smallest absolute Gasteiger partial charge is 0.254 e. The minimum atomic E-state index is 0.0281. The number of nitrogens with two attached hydrogens (primary N) is 1. The molecule has 0 radical (unpaired) electrons. The summed E-state index contributed by atoms with van der Waals surface area (Å²) in [5.41, 5.74) is 10.7. The molecule has 2 aromatic heterocycles. The second kappa shape index (κ2) is 8.40. The van der Waals surface area contributed by atoms with Crippen molar-refractivity contribution in [2.45, 2.75) is 6.42 Å². The predicted octanol–water partition coefficient (Wildman–Crippen LogP) is 3.87. The SMILES string of the molecule is Nc1nccc2ccc(C3=CCN(C(=O)c4ccc(C#Cc5cnc[nH]5)cc4)CC3)cc12. The number of anilines is 1. The molecule has 0 bridgehead atoms. The maximum absolute atomic E-state index is 12.9. The van der Waals surface area contributed by atoms with E-state index in [1.54, 1.807) is 18.7 Å². The molecule has 3 heterocycles. The third-order valence-electron chi connectivity index (χ3n) is 5.64.